The van der Waals surface area contributed by atoms with Crippen molar-refractivity contribution in [2.45, 2.75) is 32.8 Å². The van der Waals surface area contributed by atoms with Crippen LogP contribution in [0.3, 0.4) is 0 Å². The molecular weight excluding hydrogens is 212 g/mol. The van der Waals surface area contributed by atoms with Crippen molar-refractivity contribution in [1.29, 1.82) is 0 Å². The second-order valence-electron chi connectivity index (χ2n) is 3.23. The van der Waals surface area contributed by atoms with Gasteiger partial charge in [0.05, 0.1) is 0 Å². The van der Waals surface area contributed by atoms with Crippen LogP contribution in [0.25, 0.3) is 0 Å². The van der Waals surface area contributed by atoms with Crippen LogP contribution in [0.4, 0.5) is 0 Å². The maximum atomic E-state index is 11.1. The first-order chi connectivity index (χ1) is 7.49. The normalized spacial score (nSPS) is 11.4. The van der Waals surface area contributed by atoms with Gasteiger partial charge in [0.2, 0.25) is 0 Å². The first-order valence-electron chi connectivity index (χ1n) is 4.97. The summed E-state index contributed by atoms with van der Waals surface area (Å²) in [5.41, 5.74) is 0. The molecule has 0 radical (unpaired) electrons. The first kappa shape index (κ1) is 14.3. The molecule has 0 heterocycles. The average molecular weight is 228 g/mol. The number of hydrogen-bond acceptors (Lipinski definition) is 5. The Morgan fingerprint density at radius 3 is 2.44 bits per heavy atom. The number of carbonyl (C=O) groups is 3. The standard InChI is InChI=1S/C11H16O5/c1-4-9(7-15-10(13)5-2)16-11(14)6-8(3)12/h5,9H,2,4,6-7H2,1,3H3. The molecule has 0 saturated carbocycles. The Morgan fingerprint density at radius 2 is 2.00 bits per heavy atom. The van der Waals surface area contributed by atoms with Gasteiger partial charge in [-0.3, -0.25) is 9.59 Å². The summed E-state index contributed by atoms with van der Waals surface area (Å²) in [5, 5.41) is 0. The molecule has 0 N–H and O–H groups in total. The molecule has 1 atom stereocenters. The Labute approximate surface area is 94.4 Å². The highest BCUT2D eigenvalue weighted by Gasteiger charge is 2.15. The molecule has 0 bridgehead atoms. The van der Waals surface area contributed by atoms with Crippen LogP contribution in [0.5, 0.6) is 0 Å². The molecule has 0 aliphatic rings. The number of carbonyl (C=O) groups excluding carboxylic acids is 3. The number of ketones is 1. The Kier molecular flexibility index (Phi) is 6.83. The molecule has 0 amide bonds. The molecule has 16 heavy (non-hydrogen) atoms. The lowest BCUT2D eigenvalue weighted by Gasteiger charge is -2.15. The Morgan fingerprint density at radius 1 is 1.38 bits per heavy atom. The van der Waals surface area contributed by atoms with Crippen molar-refractivity contribution in [3.63, 3.8) is 0 Å². The Hall–Kier alpha value is -1.65. The molecule has 90 valence electrons. The van der Waals surface area contributed by atoms with Gasteiger partial charge in [-0.25, -0.2) is 4.79 Å². The monoisotopic (exact) mass is 228 g/mol. The SMILES string of the molecule is C=CC(=O)OCC(CC)OC(=O)CC(C)=O. The van der Waals surface area contributed by atoms with Crippen molar-refractivity contribution in [3.8, 4) is 0 Å². The van der Waals surface area contributed by atoms with Crippen molar-refractivity contribution in [1.82, 2.24) is 0 Å². The van der Waals surface area contributed by atoms with E-state index in [1.54, 1.807) is 6.92 Å². The van der Waals surface area contributed by atoms with E-state index in [1.165, 1.54) is 6.92 Å². The topological polar surface area (TPSA) is 69.7 Å². The zero-order valence-corrected chi connectivity index (χ0v) is 9.52. The summed E-state index contributed by atoms with van der Waals surface area (Å²) in [6.45, 7) is 6.31. The lowest BCUT2D eigenvalue weighted by molar-refractivity contribution is -0.158. The van der Waals surface area contributed by atoms with Gasteiger partial charge in [0, 0.05) is 6.08 Å². The fraction of sp³-hybridized carbons (Fsp3) is 0.545. The van der Waals surface area contributed by atoms with Crippen LogP contribution < -0.4 is 0 Å². The zero-order chi connectivity index (χ0) is 12.6. The largest absolute Gasteiger partial charge is 0.459 e. The summed E-state index contributed by atoms with van der Waals surface area (Å²) in [6.07, 6.45) is 0.764. The molecule has 0 saturated heterocycles. The molecule has 5 nitrogen and oxygen atoms in total. The molecular formula is C11H16O5. The second kappa shape index (κ2) is 7.62. The lowest BCUT2D eigenvalue weighted by atomic mass is 10.3. The van der Waals surface area contributed by atoms with E-state index in [-0.39, 0.29) is 18.8 Å². The van der Waals surface area contributed by atoms with Gasteiger partial charge in [-0.15, -0.1) is 0 Å². The predicted octanol–water partition coefficient (Wildman–Crippen LogP) is 1.02. The van der Waals surface area contributed by atoms with Gasteiger partial charge < -0.3 is 9.47 Å². The van der Waals surface area contributed by atoms with Gasteiger partial charge in [0.15, 0.2) is 0 Å². The summed E-state index contributed by atoms with van der Waals surface area (Å²) in [5.74, 6) is -1.43. The lowest BCUT2D eigenvalue weighted by Crippen LogP contribution is -2.25. The van der Waals surface area contributed by atoms with Gasteiger partial charge in [-0.2, -0.15) is 0 Å². The van der Waals surface area contributed by atoms with Crippen LogP contribution in [0.15, 0.2) is 12.7 Å². The highest BCUT2D eigenvalue weighted by molar-refractivity contribution is 5.94. The summed E-state index contributed by atoms with van der Waals surface area (Å²) >= 11 is 0. The van der Waals surface area contributed by atoms with E-state index in [9.17, 15) is 14.4 Å². The molecule has 0 aromatic carbocycles. The van der Waals surface area contributed by atoms with E-state index in [2.05, 4.69) is 6.58 Å². The minimum Gasteiger partial charge on any atom is -0.459 e. The van der Waals surface area contributed by atoms with Crippen molar-refractivity contribution in [3.05, 3.63) is 12.7 Å². The number of Topliss-reactive ketones (excluding diaryl/α,β-unsaturated/α-hetero) is 1. The maximum Gasteiger partial charge on any atom is 0.330 e. The highest BCUT2D eigenvalue weighted by atomic mass is 16.6. The number of ether oxygens (including phenoxy) is 2. The van der Waals surface area contributed by atoms with Gasteiger partial charge in [0.25, 0.3) is 0 Å². The average Bonchev–Trinajstić information content (AvgIpc) is 2.22. The maximum absolute atomic E-state index is 11.1. The van der Waals surface area contributed by atoms with Crippen molar-refractivity contribution < 1.29 is 23.9 Å². The molecule has 0 aliphatic heterocycles. The summed E-state index contributed by atoms with van der Waals surface area (Å²) < 4.78 is 9.67. The minimum atomic E-state index is -0.603. The molecule has 0 spiro atoms. The smallest absolute Gasteiger partial charge is 0.330 e. The zero-order valence-electron chi connectivity index (χ0n) is 9.52. The third-order valence-electron chi connectivity index (χ3n) is 1.72. The van der Waals surface area contributed by atoms with Crippen LogP contribution in [-0.4, -0.2) is 30.4 Å². The fourth-order valence-electron chi connectivity index (χ4n) is 0.900. The van der Waals surface area contributed by atoms with Gasteiger partial charge in [-0.1, -0.05) is 13.5 Å². The molecule has 0 fully saturated rings. The summed E-state index contributed by atoms with van der Waals surface area (Å²) in [4.78, 5) is 32.5. The third-order valence-corrected chi connectivity index (χ3v) is 1.72. The van der Waals surface area contributed by atoms with E-state index in [4.69, 9.17) is 9.47 Å². The minimum absolute atomic E-state index is 0.0228. The molecule has 5 heteroatoms. The predicted molar refractivity (Wildman–Crippen MR) is 56.6 cm³/mol. The van der Waals surface area contributed by atoms with Crippen LogP contribution in [0.1, 0.15) is 26.7 Å². The van der Waals surface area contributed by atoms with Crippen molar-refractivity contribution >= 4 is 17.7 Å². The van der Waals surface area contributed by atoms with Crippen LogP contribution >= 0.6 is 0 Å². The quantitative estimate of drug-likeness (QED) is 0.369. The van der Waals surface area contributed by atoms with E-state index in [0.717, 1.165) is 6.08 Å². The molecule has 0 rings (SSSR count). The fourth-order valence-corrected chi connectivity index (χ4v) is 0.900. The van der Waals surface area contributed by atoms with Gasteiger partial charge in [-0.05, 0) is 13.3 Å². The first-order valence-corrected chi connectivity index (χ1v) is 4.97. The van der Waals surface area contributed by atoms with E-state index in [1.807, 2.05) is 0 Å². The molecule has 1 unspecified atom stereocenters. The van der Waals surface area contributed by atoms with E-state index < -0.39 is 18.0 Å². The highest BCUT2D eigenvalue weighted by Crippen LogP contribution is 2.02. The van der Waals surface area contributed by atoms with Crippen molar-refractivity contribution in [2.75, 3.05) is 6.61 Å². The molecule has 0 aromatic rings. The van der Waals surface area contributed by atoms with Gasteiger partial charge >= 0.3 is 11.9 Å². The number of hydrogen-bond donors (Lipinski definition) is 0. The third kappa shape index (κ3) is 6.75. The Balaban J connectivity index is 3.99. The van der Waals surface area contributed by atoms with Crippen LogP contribution in [0, 0.1) is 0 Å². The van der Waals surface area contributed by atoms with Crippen LogP contribution in [0.2, 0.25) is 0 Å². The summed E-state index contributed by atoms with van der Waals surface area (Å²) in [7, 11) is 0. The van der Waals surface area contributed by atoms with Crippen LogP contribution in [-0.2, 0) is 23.9 Å². The second-order valence-corrected chi connectivity index (χ2v) is 3.23. The number of esters is 2. The van der Waals surface area contributed by atoms with E-state index >= 15 is 0 Å². The number of rotatable bonds is 7. The Bertz CT molecular complexity index is 282. The van der Waals surface area contributed by atoms with Crippen molar-refractivity contribution in [2.24, 2.45) is 0 Å². The van der Waals surface area contributed by atoms with Gasteiger partial charge in [0.1, 0.15) is 24.9 Å². The molecule has 0 aromatic heterocycles. The summed E-state index contributed by atoms with van der Waals surface area (Å²) in [6, 6.07) is 0. The van der Waals surface area contributed by atoms with E-state index in [0.29, 0.717) is 6.42 Å². The molecule has 0 aliphatic carbocycles.